The Morgan fingerprint density at radius 2 is 1.94 bits per heavy atom. The van der Waals surface area contributed by atoms with Crippen molar-refractivity contribution in [3.8, 4) is 0 Å². The van der Waals surface area contributed by atoms with E-state index in [0.29, 0.717) is 25.7 Å². The Hall–Kier alpha value is -0.210. The number of likely N-dealkylation sites (N-methyl/N-ethyl adjacent to an activating group) is 1. The molecule has 1 fully saturated rings. The zero-order chi connectivity index (χ0) is 12.9. The lowest BCUT2D eigenvalue weighted by Gasteiger charge is -2.27. The second kappa shape index (κ2) is 6.65. The quantitative estimate of drug-likeness (QED) is 0.650. The topological polar surface area (TPSA) is 64.7 Å². The van der Waals surface area contributed by atoms with E-state index in [0.717, 1.165) is 19.6 Å². The van der Waals surface area contributed by atoms with Crippen molar-refractivity contribution in [1.82, 2.24) is 19.2 Å². The van der Waals surface area contributed by atoms with Crippen LogP contribution in [0.15, 0.2) is 0 Å². The van der Waals surface area contributed by atoms with E-state index in [9.17, 15) is 8.42 Å². The fraction of sp³-hybridized carbons (Fsp3) is 1.00. The summed E-state index contributed by atoms with van der Waals surface area (Å²) in [6.07, 6.45) is 0. The van der Waals surface area contributed by atoms with E-state index in [1.54, 1.807) is 0 Å². The van der Waals surface area contributed by atoms with E-state index >= 15 is 0 Å². The number of nitrogens with zero attached hydrogens (tertiary/aromatic N) is 2. The van der Waals surface area contributed by atoms with Crippen LogP contribution in [0.4, 0.5) is 0 Å². The van der Waals surface area contributed by atoms with Crippen molar-refractivity contribution >= 4 is 10.2 Å². The van der Waals surface area contributed by atoms with Gasteiger partial charge in [0.1, 0.15) is 0 Å². The molecule has 1 rings (SSSR count). The molecule has 0 saturated carbocycles. The Bertz CT molecular complexity index is 312. The van der Waals surface area contributed by atoms with Crippen molar-refractivity contribution in [2.24, 2.45) is 0 Å². The minimum absolute atomic E-state index is 0.429. The van der Waals surface area contributed by atoms with Crippen LogP contribution in [0.25, 0.3) is 0 Å². The standard InChI is InChI=1S/C10H24N4O2S/c1-10(2)13(3)7-6-12-17(15,16)14-8-4-11-5-9-14/h10-12H,4-9H2,1-3H3. The number of hydrogen-bond acceptors (Lipinski definition) is 4. The molecule has 1 saturated heterocycles. The monoisotopic (exact) mass is 264 g/mol. The lowest BCUT2D eigenvalue weighted by molar-refractivity contribution is 0.276. The molecule has 0 aromatic carbocycles. The third-order valence-corrected chi connectivity index (χ3v) is 4.66. The van der Waals surface area contributed by atoms with Crippen LogP contribution in [0, 0.1) is 0 Å². The molecule has 1 aliphatic heterocycles. The van der Waals surface area contributed by atoms with Crippen LogP contribution in [0.1, 0.15) is 13.8 Å². The first-order valence-corrected chi connectivity index (χ1v) is 7.53. The van der Waals surface area contributed by atoms with Gasteiger partial charge >= 0.3 is 0 Å². The number of hydrogen-bond donors (Lipinski definition) is 2. The van der Waals surface area contributed by atoms with Gasteiger partial charge in [0, 0.05) is 45.3 Å². The van der Waals surface area contributed by atoms with Gasteiger partial charge in [-0.3, -0.25) is 0 Å². The summed E-state index contributed by atoms with van der Waals surface area (Å²) in [4.78, 5) is 2.11. The zero-order valence-electron chi connectivity index (χ0n) is 10.9. The Morgan fingerprint density at radius 1 is 1.35 bits per heavy atom. The molecule has 1 aliphatic rings. The van der Waals surface area contributed by atoms with Crippen molar-refractivity contribution in [2.75, 3.05) is 46.3 Å². The predicted octanol–water partition coefficient (Wildman–Crippen LogP) is -0.934. The zero-order valence-corrected chi connectivity index (χ0v) is 11.8. The van der Waals surface area contributed by atoms with Crippen molar-refractivity contribution in [2.45, 2.75) is 19.9 Å². The number of rotatable bonds is 6. The van der Waals surface area contributed by atoms with Gasteiger partial charge in [0.2, 0.25) is 0 Å². The van der Waals surface area contributed by atoms with Gasteiger partial charge in [-0.25, -0.2) is 4.72 Å². The first kappa shape index (κ1) is 14.8. The molecule has 0 atom stereocenters. The lowest BCUT2D eigenvalue weighted by atomic mass is 10.3. The lowest BCUT2D eigenvalue weighted by Crippen LogP contribution is -2.51. The highest BCUT2D eigenvalue weighted by Gasteiger charge is 2.22. The molecule has 0 radical (unpaired) electrons. The highest BCUT2D eigenvalue weighted by molar-refractivity contribution is 7.87. The van der Waals surface area contributed by atoms with Crippen molar-refractivity contribution in [1.29, 1.82) is 0 Å². The highest BCUT2D eigenvalue weighted by atomic mass is 32.2. The Labute approximate surface area is 105 Å². The maximum absolute atomic E-state index is 11.9. The molecule has 0 aromatic heterocycles. The number of piperazine rings is 1. The highest BCUT2D eigenvalue weighted by Crippen LogP contribution is 1.99. The van der Waals surface area contributed by atoms with Crippen molar-refractivity contribution in [3.63, 3.8) is 0 Å². The predicted molar refractivity (Wildman–Crippen MR) is 69.1 cm³/mol. The average Bonchev–Trinajstić information content (AvgIpc) is 2.29. The SMILES string of the molecule is CC(C)N(C)CCNS(=O)(=O)N1CCNCC1. The molecule has 0 bridgehead atoms. The molecule has 102 valence electrons. The maximum atomic E-state index is 11.9. The van der Waals surface area contributed by atoms with Crippen molar-refractivity contribution in [3.05, 3.63) is 0 Å². The molecular weight excluding hydrogens is 240 g/mol. The van der Waals surface area contributed by atoms with E-state index in [1.807, 2.05) is 7.05 Å². The van der Waals surface area contributed by atoms with Crippen LogP contribution < -0.4 is 10.0 Å². The van der Waals surface area contributed by atoms with Crippen LogP contribution in [0.5, 0.6) is 0 Å². The summed E-state index contributed by atoms with van der Waals surface area (Å²) in [5.41, 5.74) is 0. The normalized spacial score (nSPS) is 19.1. The fourth-order valence-electron chi connectivity index (χ4n) is 1.59. The van der Waals surface area contributed by atoms with Crippen molar-refractivity contribution < 1.29 is 8.42 Å². The van der Waals surface area contributed by atoms with Gasteiger partial charge in [0.15, 0.2) is 0 Å². The molecule has 2 N–H and O–H groups in total. The first-order valence-electron chi connectivity index (χ1n) is 6.09. The largest absolute Gasteiger partial charge is 0.314 e. The van der Waals surface area contributed by atoms with E-state index in [4.69, 9.17) is 0 Å². The van der Waals surface area contributed by atoms with Crippen LogP contribution in [-0.2, 0) is 10.2 Å². The molecule has 17 heavy (non-hydrogen) atoms. The Balaban J connectivity index is 2.34. The summed E-state index contributed by atoms with van der Waals surface area (Å²) in [7, 11) is -1.30. The number of nitrogens with one attached hydrogen (secondary N) is 2. The summed E-state index contributed by atoms with van der Waals surface area (Å²) >= 11 is 0. The minimum atomic E-state index is -3.29. The summed E-state index contributed by atoms with van der Waals surface area (Å²) in [5.74, 6) is 0. The minimum Gasteiger partial charge on any atom is -0.314 e. The van der Waals surface area contributed by atoms with E-state index in [1.165, 1.54) is 4.31 Å². The third-order valence-electron chi connectivity index (χ3n) is 3.05. The van der Waals surface area contributed by atoms with Gasteiger partial charge < -0.3 is 10.2 Å². The van der Waals surface area contributed by atoms with E-state index in [2.05, 4.69) is 28.8 Å². The second-order valence-corrected chi connectivity index (χ2v) is 6.38. The van der Waals surface area contributed by atoms with E-state index in [-0.39, 0.29) is 0 Å². The Kier molecular flexibility index (Phi) is 5.81. The summed E-state index contributed by atoms with van der Waals surface area (Å²) < 4.78 is 28.0. The second-order valence-electron chi connectivity index (χ2n) is 4.62. The van der Waals surface area contributed by atoms with Crippen LogP contribution in [-0.4, -0.2) is 70.0 Å². The average molecular weight is 264 g/mol. The molecule has 6 nitrogen and oxygen atoms in total. The molecule has 0 unspecified atom stereocenters. The Morgan fingerprint density at radius 3 is 2.47 bits per heavy atom. The van der Waals surface area contributed by atoms with Gasteiger partial charge in [-0.1, -0.05) is 0 Å². The molecule has 0 amide bonds. The van der Waals surface area contributed by atoms with Gasteiger partial charge in [0.25, 0.3) is 10.2 Å². The summed E-state index contributed by atoms with van der Waals surface area (Å²) in [6.45, 7) is 7.92. The van der Waals surface area contributed by atoms with Gasteiger partial charge in [-0.2, -0.15) is 12.7 Å². The summed E-state index contributed by atoms with van der Waals surface area (Å²) in [5, 5.41) is 3.13. The third kappa shape index (κ3) is 4.89. The smallest absolute Gasteiger partial charge is 0.279 e. The van der Waals surface area contributed by atoms with Gasteiger partial charge in [0.05, 0.1) is 0 Å². The van der Waals surface area contributed by atoms with Crippen LogP contribution >= 0.6 is 0 Å². The fourth-order valence-corrected chi connectivity index (χ4v) is 2.78. The molecular formula is C10H24N4O2S. The molecule has 1 heterocycles. The molecule has 7 heteroatoms. The van der Waals surface area contributed by atoms with Gasteiger partial charge in [-0.05, 0) is 20.9 Å². The van der Waals surface area contributed by atoms with Crippen LogP contribution in [0.2, 0.25) is 0 Å². The molecule has 0 aliphatic carbocycles. The summed E-state index contributed by atoms with van der Waals surface area (Å²) in [6, 6.07) is 0.429. The first-order chi connectivity index (χ1) is 7.93. The molecule has 0 aromatic rings. The van der Waals surface area contributed by atoms with Crippen LogP contribution in [0.3, 0.4) is 0 Å². The molecule has 0 spiro atoms. The maximum Gasteiger partial charge on any atom is 0.279 e. The van der Waals surface area contributed by atoms with E-state index < -0.39 is 10.2 Å². The van der Waals surface area contributed by atoms with Gasteiger partial charge in [-0.15, -0.1) is 0 Å².